The van der Waals surface area contributed by atoms with Gasteiger partial charge in [-0.15, -0.1) is 0 Å². The van der Waals surface area contributed by atoms with E-state index in [1.807, 2.05) is 30.3 Å². The minimum Gasteiger partial charge on any atom is -0.497 e. The second kappa shape index (κ2) is 8.69. The van der Waals surface area contributed by atoms with Gasteiger partial charge >= 0.3 is 0 Å². The van der Waals surface area contributed by atoms with E-state index in [1.54, 1.807) is 13.3 Å². The second-order valence-electron chi connectivity index (χ2n) is 7.85. The van der Waals surface area contributed by atoms with Crippen molar-refractivity contribution in [2.45, 2.75) is 6.54 Å². The second-order valence-corrected chi connectivity index (χ2v) is 7.85. The number of hydrogen-bond acceptors (Lipinski definition) is 6. The molecular formula is C25H24N6O. The van der Waals surface area contributed by atoms with E-state index < -0.39 is 0 Å². The Bertz CT molecular complexity index is 1250. The molecule has 1 saturated heterocycles. The van der Waals surface area contributed by atoms with Crippen LogP contribution >= 0.6 is 0 Å². The highest BCUT2D eigenvalue weighted by Crippen LogP contribution is 2.25. The summed E-state index contributed by atoms with van der Waals surface area (Å²) >= 11 is 0. The van der Waals surface area contributed by atoms with Crippen LogP contribution < -0.4 is 9.64 Å². The summed E-state index contributed by atoms with van der Waals surface area (Å²) in [5, 5.41) is 10.2. The number of hydrogen-bond donors (Lipinski definition) is 0. The molecule has 0 unspecified atom stereocenters. The standard InChI is InChI=1S/C25H24N6O/c1-32-23-9-7-20(8-10-23)30-13-11-29(12-14-30)18-22-15-19-17-27-24(16-26)28-25(19)31(22)21-5-3-2-4-6-21/h2-10,15,17H,11-14,18H2,1H3. The zero-order chi connectivity index (χ0) is 21.9. The van der Waals surface area contributed by atoms with Crippen LogP contribution in [0, 0.1) is 11.3 Å². The predicted molar refractivity (Wildman–Crippen MR) is 124 cm³/mol. The average molecular weight is 425 g/mol. The van der Waals surface area contributed by atoms with Crippen molar-refractivity contribution in [3.05, 3.63) is 78.4 Å². The maximum atomic E-state index is 9.27. The maximum absolute atomic E-state index is 9.27. The summed E-state index contributed by atoms with van der Waals surface area (Å²) in [4.78, 5) is 13.5. The summed E-state index contributed by atoms with van der Waals surface area (Å²) in [6.45, 7) is 4.69. The molecule has 2 aromatic heterocycles. The third kappa shape index (κ3) is 3.88. The first-order valence-electron chi connectivity index (χ1n) is 10.7. The van der Waals surface area contributed by atoms with E-state index in [1.165, 1.54) is 5.69 Å². The number of ether oxygens (including phenoxy) is 1. The molecule has 0 amide bonds. The van der Waals surface area contributed by atoms with Crippen molar-refractivity contribution in [3.63, 3.8) is 0 Å². The van der Waals surface area contributed by atoms with Crippen molar-refractivity contribution in [1.82, 2.24) is 19.4 Å². The maximum Gasteiger partial charge on any atom is 0.234 e. The molecule has 4 aromatic rings. The van der Waals surface area contributed by atoms with Crippen molar-refractivity contribution in [1.29, 1.82) is 5.26 Å². The fourth-order valence-corrected chi connectivity index (χ4v) is 4.26. The molecule has 0 bridgehead atoms. The summed E-state index contributed by atoms with van der Waals surface area (Å²) in [5.41, 5.74) is 4.18. The largest absolute Gasteiger partial charge is 0.497 e. The van der Waals surface area contributed by atoms with Crippen LogP contribution in [0.25, 0.3) is 16.7 Å². The van der Waals surface area contributed by atoms with Crippen LogP contribution in [0.2, 0.25) is 0 Å². The third-order valence-corrected chi connectivity index (χ3v) is 5.93. The van der Waals surface area contributed by atoms with Crippen LogP contribution in [0.5, 0.6) is 5.75 Å². The number of nitriles is 1. The van der Waals surface area contributed by atoms with Crippen LogP contribution in [-0.4, -0.2) is 52.7 Å². The van der Waals surface area contributed by atoms with Crippen LogP contribution in [0.3, 0.4) is 0 Å². The van der Waals surface area contributed by atoms with Crippen molar-refractivity contribution >= 4 is 16.7 Å². The highest BCUT2D eigenvalue weighted by molar-refractivity contribution is 5.79. The van der Waals surface area contributed by atoms with E-state index in [4.69, 9.17) is 4.74 Å². The molecule has 2 aromatic carbocycles. The zero-order valence-electron chi connectivity index (χ0n) is 18.0. The number of methoxy groups -OCH3 is 1. The first kappa shape index (κ1) is 20.0. The fourth-order valence-electron chi connectivity index (χ4n) is 4.26. The average Bonchev–Trinajstić information content (AvgIpc) is 3.22. The Morgan fingerprint density at radius 3 is 2.41 bits per heavy atom. The number of piperazine rings is 1. The zero-order valence-corrected chi connectivity index (χ0v) is 18.0. The van der Waals surface area contributed by atoms with Gasteiger partial charge in [-0.2, -0.15) is 5.26 Å². The lowest BCUT2D eigenvalue weighted by Gasteiger charge is -2.36. The minimum atomic E-state index is 0.187. The van der Waals surface area contributed by atoms with Gasteiger partial charge in [-0.25, -0.2) is 9.97 Å². The number of rotatable bonds is 5. The highest BCUT2D eigenvalue weighted by atomic mass is 16.5. The molecule has 0 radical (unpaired) electrons. The van der Waals surface area contributed by atoms with Gasteiger partial charge in [0.05, 0.1) is 7.11 Å². The molecule has 32 heavy (non-hydrogen) atoms. The van der Waals surface area contributed by atoms with Gasteiger partial charge in [-0.1, -0.05) is 18.2 Å². The Morgan fingerprint density at radius 1 is 0.969 bits per heavy atom. The minimum absolute atomic E-state index is 0.187. The number of anilines is 1. The van der Waals surface area contributed by atoms with Crippen LogP contribution in [-0.2, 0) is 6.54 Å². The van der Waals surface area contributed by atoms with Gasteiger partial charge in [-0.3, -0.25) is 9.47 Å². The number of para-hydroxylation sites is 1. The molecule has 3 heterocycles. The van der Waals surface area contributed by atoms with E-state index in [9.17, 15) is 5.26 Å². The van der Waals surface area contributed by atoms with Crippen LogP contribution in [0.4, 0.5) is 5.69 Å². The predicted octanol–water partition coefficient (Wildman–Crippen LogP) is 3.62. The Kier molecular flexibility index (Phi) is 5.44. The summed E-state index contributed by atoms with van der Waals surface area (Å²) in [7, 11) is 1.69. The summed E-state index contributed by atoms with van der Waals surface area (Å²) in [6.07, 6.45) is 1.74. The number of nitrogens with zero attached hydrogens (tertiary/aromatic N) is 6. The Balaban J connectivity index is 1.38. The summed E-state index contributed by atoms with van der Waals surface area (Å²) < 4.78 is 7.42. The third-order valence-electron chi connectivity index (χ3n) is 5.93. The van der Waals surface area contributed by atoms with Crippen molar-refractivity contribution < 1.29 is 4.74 Å². The molecule has 0 N–H and O–H groups in total. The highest BCUT2D eigenvalue weighted by Gasteiger charge is 2.20. The summed E-state index contributed by atoms with van der Waals surface area (Å²) in [6, 6.07) is 22.6. The van der Waals surface area contributed by atoms with Gasteiger partial charge < -0.3 is 9.64 Å². The topological polar surface area (TPSA) is 70.2 Å². The molecular weight excluding hydrogens is 400 g/mol. The first-order valence-corrected chi connectivity index (χ1v) is 10.7. The van der Waals surface area contributed by atoms with Crippen molar-refractivity contribution in [2.75, 3.05) is 38.2 Å². The van der Waals surface area contributed by atoms with Gasteiger partial charge in [0.15, 0.2) is 0 Å². The summed E-state index contributed by atoms with van der Waals surface area (Å²) in [5.74, 6) is 1.07. The molecule has 7 heteroatoms. The Hall–Kier alpha value is -3.89. The smallest absolute Gasteiger partial charge is 0.234 e. The number of fused-ring (bicyclic) bond motifs is 1. The first-order chi connectivity index (χ1) is 15.7. The molecule has 0 atom stereocenters. The fraction of sp³-hybridized carbons (Fsp3) is 0.240. The van der Waals surface area contributed by atoms with E-state index in [0.717, 1.165) is 60.9 Å². The molecule has 5 rings (SSSR count). The van der Waals surface area contributed by atoms with E-state index in [-0.39, 0.29) is 5.82 Å². The molecule has 1 aliphatic heterocycles. The van der Waals surface area contributed by atoms with E-state index in [0.29, 0.717) is 0 Å². The molecule has 0 saturated carbocycles. The Morgan fingerprint density at radius 2 is 1.72 bits per heavy atom. The molecule has 7 nitrogen and oxygen atoms in total. The lowest BCUT2D eigenvalue weighted by molar-refractivity contribution is 0.246. The normalized spacial score (nSPS) is 14.4. The van der Waals surface area contributed by atoms with Crippen molar-refractivity contribution in [3.8, 4) is 17.5 Å². The van der Waals surface area contributed by atoms with E-state index >= 15 is 0 Å². The monoisotopic (exact) mass is 424 g/mol. The number of benzene rings is 2. The molecule has 0 spiro atoms. The van der Waals surface area contributed by atoms with Gasteiger partial charge in [-0.05, 0) is 42.5 Å². The molecule has 1 fully saturated rings. The molecule has 0 aliphatic carbocycles. The van der Waals surface area contributed by atoms with Crippen LogP contribution in [0.1, 0.15) is 11.5 Å². The van der Waals surface area contributed by atoms with Crippen LogP contribution in [0.15, 0.2) is 66.9 Å². The lowest BCUT2D eigenvalue weighted by atomic mass is 10.2. The lowest BCUT2D eigenvalue weighted by Crippen LogP contribution is -2.46. The quantitative estimate of drug-likeness (QED) is 0.487. The number of aromatic nitrogens is 3. The Labute approximate surface area is 187 Å². The molecule has 160 valence electrons. The van der Waals surface area contributed by atoms with Gasteiger partial charge in [0.25, 0.3) is 0 Å². The SMILES string of the molecule is COc1ccc(N2CCN(Cc3cc4cnc(C#N)nc4n3-c3ccccc3)CC2)cc1. The molecule has 1 aliphatic rings. The van der Waals surface area contributed by atoms with Gasteiger partial charge in [0.2, 0.25) is 5.82 Å². The van der Waals surface area contributed by atoms with E-state index in [2.05, 4.69) is 60.7 Å². The van der Waals surface area contributed by atoms with Gasteiger partial charge in [0, 0.05) is 61.4 Å². The van der Waals surface area contributed by atoms with Gasteiger partial charge in [0.1, 0.15) is 17.5 Å². The van der Waals surface area contributed by atoms with Crippen molar-refractivity contribution in [2.24, 2.45) is 0 Å².